The van der Waals surface area contributed by atoms with E-state index in [-0.39, 0.29) is 0 Å². The zero-order chi connectivity index (χ0) is 13.4. The Morgan fingerprint density at radius 3 is 2.61 bits per heavy atom. The van der Waals surface area contributed by atoms with Gasteiger partial charge in [0.2, 0.25) is 0 Å². The number of carboxylic acid groups (broad SMARTS) is 1. The minimum absolute atomic E-state index is 0.644. The van der Waals surface area contributed by atoms with E-state index in [0.29, 0.717) is 6.42 Å². The van der Waals surface area contributed by atoms with Crippen molar-refractivity contribution in [3.63, 3.8) is 0 Å². The second-order valence-corrected chi connectivity index (χ2v) is 5.57. The monoisotopic (exact) mass is 257 g/mol. The fraction of sp³-hybridized carbons (Fsp3) is 0.929. The Balaban J connectivity index is 2.02. The van der Waals surface area contributed by atoms with Crippen molar-refractivity contribution in [1.82, 2.24) is 5.32 Å². The number of hydrogen-bond acceptors (Lipinski definition) is 3. The van der Waals surface area contributed by atoms with Crippen molar-refractivity contribution in [3.8, 4) is 0 Å². The first-order valence-electron chi connectivity index (χ1n) is 7.08. The molecule has 0 aliphatic heterocycles. The van der Waals surface area contributed by atoms with E-state index in [4.69, 9.17) is 9.84 Å². The number of aliphatic carboxylic acids is 1. The van der Waals surface area contributed by atoms with Crippen LogP contribution in [0.2, 0.25) is 0 Å². The molecule has 0 aromatic carbocycles. The largest absolute Gasteiger partial charge is 0.480 e. The van der Waals surface area contributed by atoms with E-state index in [1.54, 1.807) is 14.0 Å². The van der Waals surface area contributed by atoms with Crippen LogP contribution in [0.15, 0.2) is 0 Å². The Kier molecular flexibility index (Phi) is 6.65. The molecule has 1 fully saturated rings. The topological polar surface area (TPSA) is 58.6 Å². The lowest BCUT2D eigenvalue weighted by Gasteiger charge is -2.23. The van der Waals surface area contributed by atoms with Gasteiger partial charge in [-0.3, -0.25) is 4.79 Å². The van der Waals surface area contributed by atoms with Gasteiger partial charge in [-0.25, -0.2) is 0 Å². The Hall–Kier alpha value is -0.610. The van der Waals surface area contributed by atoms with Gasteiger partial charge in [-0.15, -0.1) is 0 Å². The molecule has 0 radical (unpaired) electrons. The molecule has 1 aliphatic rings. The van der Waals surface area contributed by atoms with Crippen LogP contribution in [0.4, 0.5) is 0 Å². The summed E-state index contributed by atoms with van der Waals surface area (Å²) in [4.78, 5) is 11.1. The first-order valence-corrected chi connectivity index (χ1v) is 7.08. The summed E-state index contributed by atoms with van der Waals surface area (Å²) >= 11 is 0. The van der Waals surface area contributed by atoms with Crippen molar-refractivity contribution in [2.24, 2.45) is 5.92 Å². The fourth-order valence-corrected chi connectivity index (χ4v) is 2.45. The van der Waals surface area contributed by atoms with Crippen LogP contribution in [0, 0.1) is 5.92 Å². The average molecular weight is 257 g/mol. The predicted molar refractivity (Wildman–Crippen MR) is 71.7 cm³/mol. The highest BCUT2D eigenvalue weighted by molar-refractivity contribution is 5.78. The van der Waals surface area contributed by atoms with Gasteiger partial charge in [0.25, 0.3) is 0 Å². The van der Waals surface area contributed by atoms with Gasteiger partial charge in [0.15, 0.2) is 0 Å². The van der Waals surface area contributed by atoms with Gasteiger partial charge in [0, 0.05) is 13.2 Å². The van der Waals surface area contributed by atoms with Crippen LogP contribution >= 0.6 is 0 Å². The molecule has 0 aromatic heterocycles. The van der Waals surface area contributed by atoms with Crippen LogP contribution in [0.25, 0.3) is 0 Å². The molecule has 0 amide bonds. The molecule has 1 rings (SSSR count). The molecule has 0 heterocycles. The molecule has 2 N–H and O–H groups in total. The summed E-state index contributed by atoms with van der Waals surface area (Å²) in [6, 6.07) is 0. The predicted octanol–water partition coefficient (Wildman–Crippen LogP) is 2.43. The number of carboxylic acids is 1. The normalized spacial score (nSPS) is 19.9. The first kappa shape index (κ1) is 15.4. The zero-order valence-corrected chi connectivity index (χ0v) is 11.7. The molecular formula is C14H27NO3. The lowest BCUT2D eigenvalue weighted by molar-refractivity contribution is -0.144. The molecule has 0 bridgehead atoms. The number of nitrogens with one attached hydrogen (secondary N) is 1. The van der Waals surface area contributed by atoms with E-state index in [0.717, 1.165) is 32.0 Å². The minimum atomic E-state index is -0.800. The SMILES string of the molecule is CNC(C)(CCCCOCC1CCCC1)C(=O)O. The van der Waals surface area contributed by atoms with E-state index in [1.807, 2.05) is 0 Å². The molecule has 1 saturated carbocycles. The summed E-state index contributed by atoms with van der Waals surface area (Å²) in [5.41, 5.74) is -0.800. The van der Waals surface area contributed by atoms with Gasteiger partial charge >= 0.3 is 5.97 Å². The van der Waals surface area contributed by atoms with E-state index in [2.05, 4.69) is 5.32 Å². The third-order valence-electron chi connectivity index (χ3n) is 4.07. The Morgan fingerprint density at radius 2 is 2.06 bits per heavy atom. The Bertz CT molecular complexity index is 251. The quantitative estimate of drug-likeness (QED) is 0.623. The molecule has 1 unspecified atom stereocenters. The van der Waals surface area contributed by atoms with Crippen molar-refractivity contribution < 1.29 is 14.6 Å². The minimum Gasteiger partial charge on any atom is -0.480 e. The number of unbranched alkanes of at least 4 members (excludes halogenated alkanes) is 1. The van der Waals surface area contributed by atoms with Gasteiger partial charge in [-0.05, 0) is 52.0 Å². The average Bonchev–Trinajstić information content (AvgIpc) is 2.86. The smallest absolute Gasteiger partial charge is 0.323 e. The molecule has 4 heteroatoms. The molecule has 1 atom stereocenters. The lowest BCUT2D eigenvalue weighted by Crippen LogP contribution is -2.47. The van der Waals surface area contributed by atoms with Crippen molar-refractivity contribution in [2.75, 3.05) is 20.3 Å². The van der Waals surface area contributed by atoms with Crippen LogP contribution < -0.4 is 5.32 Å². The standard InChI is InChI=1S/C14H27NO3/c1-14(15-2,13(16)17)9-5-6-10-18-11-12-7-3-4-8-12/h12,15H,3-11H2,1-2H3,(H,16,17). The Morgan fingerprint density at radius 1 is 1.39 bits per heavy atom. The maximum Gasteiger partial charge on any atom is 0.323 e. The van der Waals surface area contributed by atoms with E-state index in [9.17, 15) is 4.79 Å². The highest BCUT2D eigenvalue weighted by Gasteiger charge is 2.30. The summed E-state index contributed by atoms with van der Waals surface area (Å²) < 4.78 is 5.66. The molecule has 106 valence electrons. The van der Waals surface area contributed by atoms with Crippen LogP contribution in [0.5, 0.6) is 0 Å². The van der Waals surface area contributed by atoms with Crippen molar-refractivity contribution in [2.45, 2.75) is 57.4 Å². The Labute approximate surface area is 110 Å². The maximum absolute atomic E-state index is 11.1. The van der Waals surface area contributed by atoms with Crippen LogP contribution in [0.3, 0.4) is 0 Å². The van der Waals surface area contributed by atoms with Gasteiger partial charge in [-0.1, -0.05) is 12.8 Å². The second kappa shape index (κ2) is 7.74. The highest BCUT2D eigenvalue weighted by Crippen LogP contribution is 2.24. The van der Waals surface area contributed by atoms with Crippen LogP contribution in [-0.2, 0) is 9.53 Å². The van der Waals surface area contributed by atoms with Gasteiger partial charge in [0.1, 0.15) is 5.54 Å². The van der Waals surface area contributed by atoms with Crippen LogP contribution in [0.1, 0.15) is 51.9 Å². The number of rotatable bonds is 9. The van der Waals surface area contributed by atoms with Crippen molar-refractivity contribution >= 4 is 5.97 Å². The summed E-state index contributed by atoms with van der Waals surface area (Å²) in [7, 11) is 1.70. The van der Waals surface area contributed by atoms with Crippen LogP contribution in [-0.4, -0.2) is 36.9 Å². The van der Waals surface area contributed by atoms with Crippen molar-refractivity contribution in [1.29, 1.82) is 0 Å². The summed E-state index contributed by atoms with van der Waals surface area (Å²) in [6.07, 6.45) is 7.81. The molecule has 4 nitrogen and oxygen atoms in total. The molecular weight excluding hydrogens is 230 g/mol. The molecule has 1 aliphatic carbocycles. The molecule has 0 saturated heterocycles. The maximum atomic E-state index is 11.1. The zero-order valence-electron chi connectivity index (χ0n) is 11.7. The molecule has 0 spiro atoms. The third-order valence-corrected chi connectivity index (χ3v) is 4.07. The molecule has 18 heavy (non-hydrogen) atoms. The number of likely N-dealkylation sites (N-methyl/N-ethyl adjacent to an activating group) is 1. The highest BCUT2D eigenvalue weighted by atomic mass is 16.5. The van der Waals surface area contributed by atoms with Gasteiger partial charge in [-0.2, -0.15) is 0 Å². The summed E-state index contributed by atoms with van der Waals surface area (Å²) in [5.74, 6) is -0.0107. The van der Waals surface area contributed by atoms with Crippen molar-refractivity contribution in [3.05, 3.63) is 0 Å². The summed E-state index contributed by atoms with van der Waals surface area (Å²) in [6.45, 7) is 3.38. The second-order valence-electron chi connectivity index (χ2n) is 5.57. The van der Waals surface area contributed by atoms with E-state index in [1.165, 1.54) is 25.7 Å². The van der Waals surface area contributed by atoms with E-state index < -0.39 is 11.5 Å². The number of carbonyl (C=O) groups is 1. The number of hydrogen-bond donors (Lipinski definition) is 2. The van der Waals surface area contributed by atoms with Gasteiger partial charge in [0.05, 0.1) is 0 Å². The van der Waals surface area contributed by atoms with E-state index >= 15 is 0 Å². The summed E-state index contributed by atoms with van der Waals surface area (Å²) in [5, 5.41) is 12.0. The fourth-order valence-electron chi connectivity index (χ4n) is 2.45. The first-order chi connectivity index (χ1) is 8.58. The lowest BCUT2D eigenvalue weighted by atomic mass is 9.95. The third kappa shape index (κ3) is 4.94. The molecule has 0 aromatic rings. The van der Waals surface area contributed by atoms with Gasteiger partial charge < -0.3 is 15.2 Å². The number of ether oxygens (including phenoxy) is 1.